The zero-order valence-electron chi connectivity index (χ0n) is 14.8. The van der Waals surface area contributed by atoms with Crippen LogP contribution in [0.15, 0.2) is 72.8 Å². The molecule has 3 aromatic rings. The summed E-state index contributed by atoms with van der Waals surface area (Å²) in [7, 11) is 0. The molecule has 0 saturated heterocycles. The number of nitro benzene ring substituents is 1. The molecule has 0 heterocycles. The van der Waals surface area contributed by atoms with E-state index in [0.29, 0.717) is 0 Å². The number of hydrogen-bond acceptors (Lipinski definition) is 5. The van der Waals surface area contributed by atoms with Crippen LogP contribution >= 0.6 is 0 Å². The molecule has 0 radical (unpaired) electrons. The van der Waals surface area contributed by atoms with Crippen LogP contribution in [0.5, 0.6) is 11.5 Å². The first-order valence-electron chi connectivity index (χ1n) is 8.44. The highest BCUT2D eigenvalue weighted by atomic mass is 16.6. The van der Waals surface area contributed by atoms with E-state index in [1.165, 1.54) is 0 Å². The van der Waals surface area contributed by atoms with Crippen molar-refractivity contribution in [3.8, 4) is 11.5 Å². The molecule has 142 valence electrons. The first-order chi connectivity index (χ1) is 13.5. The Kier molecular flexibility index (Phi) is 5.86. The van der Waals surface area contributed by atoms with Gasteiger partial charge in [0.15, 0.2) is 11.5 Å². The van der Waals surface area contributed by atoms with Gasteiger partial charge in [-0.3, -0.25) is 10.1 Å². The highest BCUT2D eigenvalue weighted by molar-refractivity contribution is 5.93. The SMILES string of the molecule is O=C(O)c1cc(OCc2ccccc2)c(OCc2ccccc2)cc1[N+](=O)[O-]. The van der Waals surface area contributed by atoms with Gasteiger partial charge in [0.25, 0.3) is 5.69 Å². The van der Waals surface area contributed by atoms with Crippen LogP contribution in [0, 0.1) is 10.1 Å². The number of ether oxygens (including phenoxy) is 2. The lowest BCUT2D eigenvalue weighted by atomic mass is 10.1. The van der Waals surface area contributed by atoms with Crippen LogP contribution < -0.4 is 9.47 Å². The first kappa shape index (κ1) is 18.9. The van der Waals surface area contributed by atoms with E-state index in [2.05, 4.69) is 0 Å². The summed E-state index contributed by atoms with van der Waals surface area (Å²) in [4.78, 5) is 22.0. The minimum Gasteiger partial charge on any atom is -0.485 e. The molecule has 3 rings (SSSR count). The van der Waals surface area contributed by atoms with E-state index >= 15 is 0 Å². The normalized spacial score (nSPS) is 10.3. The van der Waals surface area contributed by atoms with Crippen molar-refractivity contribution in [1.29, 1.82) is 0 Å². The van der Waals surface area contributed by atoms with Crippen LogP contribution in [0.2, 0.25) is 0 Å². The van der Waals surface area contributed by atoms with E-state index in [1.54, 1.807) is 0 Å². The summed E-state index contributed by atoms with van der Waals surface area (Å²) in [5.74, 6) is -1.18. The summed E-state index contributed by atoms with van der Waals surface area (Å²) in [6.07, 6.45) is 0. The summed E-state index contributed by atoms with van der Waals surface area (Å²) < 4.78 is 11.4. The number of nitro groups is 1. The number of hydrogen-bond donors (Lipinski definition) is 1. The second-order valence-corrected chi connectivity index (χ2v) is 5.93. The fourth-order valence-corrected chi connectivity index (χ4v) is 2.57. The summed E-state index contributed by atoms with van der Waals surface area (Å²) in [6, 6.07) is 20.8. The Bertz CT molecular complexity index is 892. The average Bonchev–Trinajstić information content (AvgIpc) is 2.71. The van der Waals surface area contributed by atoms with E-state index in [4.69, 9.17) is 9.47 Å². The predicted octanol–water partition coefficient (Wildman–Crippen LogP) is 4.45. The maximum absolute atomic E-state index is 11.4. The van der Waals surface area contributed by atoms with Crippen molar-refractivity contribution in [2.75, 3.05) is 0 Å². The quantitative estimate of drug-likeness (QED) is 0.458. The van der Waals surface area contributed by atoms with Crippen molar-refractivity contribution < 1.29 is 24.3 Å². The van der Waals surface area contributed by atoms with Crippen molar-refractivity contribution in [2.24, 2.45) is 0 Å². The van der Waals surface area contributed by atoms with Crippen LogP contribution in [0.1, 0.15) is 21.5 Å². The van der Waals surface area contributed by atoms with Crippen molar-refractivity contribution in [3.63, 3.8) is 0 Å². The Hall–Kier alpha value is -3.87. The summed E-state index contributed by atoms with van der Waals surface area (Å²) >= 11 is 0. The summed E-state index contributed by atoms with van der Waals surface area (Å²) in [5.41, 5.74) is 0.718. The molecular weight excluding hydrogens is 362 g/mol. The Morgan fingerprint density at radius 2 is 1.32 bits per heavy atom. The highest BCUT2D eigenvalue weighted by Crippen LogP contribution is 2.36. The molecule has 0 amide bonds. The van der Waals surface area contributed by atoms with Gasteiger partial charge in [0.05, 0.1) is 11.0 Å². The van der Waals surface area contributed by atoms with Gasteiger partial charge in [-0.05, 0) is 11.1 Å². The highest BCUT2D eigenvalue weighted by Gasteiger charge is 2.24. The van der Waals surface area contributed by atoms with Gasteiger partial charge in [-0.25, -0.2) is 4.79 Å². The molecule has 0 fully saturated rings. The number of benzene rings is 3. The van der Waals surface area contributed by atoms with E-state index in [9.17, 15) is 20.0 Å². The van der Waals surface area contributed by atoms with Gasteiger partial charge in [0.1, 0.15) is 18.8 Å². The van der Waals surface area contributed by atoms with Gasteiger partial charge in [-0.15, -0.1) is 0 Å². The Morgan fingerprint density at radius 1 is 0.857 bits per heavy atom. The van der Waals surface area contributed by atoms with Gasteiger partial charge in [-0.1, -0.05) is 60.7 Å². The number of nitrogens with zero attached hydrogens (tertiary/aromatic N) is 1. The van der Waals surface area contributed by atoms with Crippen molar-refractivity contribution in [1.82, 2.24) is 0 Å². The van der Waals surface area contributed by atoms with Crippen molar-refractivity contribution >= 4 is 11.7 Å². The fraction of sp³-hybridized carbons (Fsp3) is 0.0952. The average molecular weight is 379 g/mol. The number of carboxylic acid groups (broad SMARTS) is 1. The minimum absolute atomic E-state index is 0.108. The number of aromatic carboxylic acids is 1. The van der Waals surface area contributed by atoms with Gasteiger partial charge < -0.3 is 14.6 Å². The Morgan fingerprint density at radius 3 is 1.75 bits per heavy atom. The lowest BCUT2D eigenvalue weighted by molar-refractivity contribution is -0.385. The van der Waals surface area contributed by atoms with E-state index in [-0.39, 0.29) is 24.7 Å². The molecule has 7 heteroatoms. The second kappa shape index (κ2) is 8.68. The van der Waals surface area contributed by atoms with E-state index in [0.717, 1.165) is 23.3 Å². The molecule has 0 spiro atoms. The van der Waals surface area contributed by atoms with Crippen molar-refractivity contribution in [2.45, 2.75) is 13.2 Å². The third-order valence-corrected chi connectivity index (χ3v) is 3.96. The molecule has 0 aliphatic carbocycles. The topological polar surface area (TPSA) is 98.9 Å². The molecular formula is C21H17NO6. The predicted molar refractivity (Wildman–Crippen MR) is 102 cm³/mol. The summed E-state index contributed by atoms with van der Waals surface area (Å²) in [6.45, 7) is 0.325. The monoisotopic (exact) mass is 379 g/mol. The Labute approximate surface area is 160 Å². The molecule has 7 nitrogen and oxygen atoms in total. The lowest BCUT2D eigenvalue weighted by Crippen LogP contribution is -2.07. The van der Waals surface area contributed by atoms with Crippen LogP contribution in [-0.4, -0.2) is 16.0 Å². The molecule has 0 aromatic heterocycles. The molecule has 0 aliphatic heterocycles. The molecule has 0 aliphatic rings. The standard InChI is InChI=1S/C21H17NO6/c23-21(24)17-11-19(27-13-15-7-3-1-4-8-15)20(12-18(17)22(25)26)28-14-16-9-5-2-6-10-16/h1-12H,13-14H2,(H,23,24). The fourth-order valence-electron chi connectivity index (χ4n) is 2.57. The number of carbonyl (C=O) groups is 1. The van der Waals surface area contributed by atoms with Crippen LogP contribution in [-0.2, 0) is 13.2 Å². The third-order valence-electron chi connectivity index (χ3n) is 3.96. The maximum atomic E-state index is 11.4. The van der Waals surface area contributed by atoms with Gasteiger partial charge in [0, 0.05) is 6.07 Å². The lowest BCUT2D eigenvalue weighted by Gasteiger charge is -2.14. The molecule has 0 unspecified atom stereocenters. The zero-order valence-corrected chi connectivity index (χ0v) is 14.8. The third kappa shape index (κ3) is 4.64. The molecule has 1 N–H and O–H groups in total. The van der Waals surface area contributed by atoms with Gasteiger partial charge in [0.2, 0.25) is 0 Å². The molecule has 28 heavy (non-hydrogen) atoms. The number of rotatable bonds is 8. The van der Waals surface area contributed by atoms with E-state index < -0.39 is 22.1 Å². The smallest absolute Gasteiger partial charge is 0.342 e. The largest absolute Gasteiger partial charge is 0.485 e. The van der Waals surface area contributed by atoms with Crippen molar-refractivity contribution in [3.05, 3.63) is 99.6 Å². The minimum atomic E-state index is -1.41. The Balaban J connectivity index is 1.92. The van der Waals surface area contributed by atoms with E-state index in [1.807, 2.05) is 60.7 Å². The van der Waals surface area contributed by atoms with Gasteiger partial charge >= 0.3 is 5.97 Å². The van der Waals surface area contributed by atoms with Crippen LogP contribution in [0.25, 0.3) is 0 Å². The maximum Gasteiger partial charge on any atom is 0.342 e. The second-order valence-electron chi connectivity index (χ2n) is 5.93. The molecule has 0 bridgehead atoms. The molecule has 0 atom stereocenters. The van der Waals surface area contributed by atoms with Gasteiger partial charge in [-0.2, -0.15) is 0 Å². The summed E-state index contributed by atoms with van der Waals surface area (Å²) in [5, 5.41) is 20.6. The molecule has 0 saturated carbocycles. The number of carboxylic acids is 1. The van der Waals surface area contributed by atoms with Crippen LogP contribution in [0.4, 0.5) is 5.69 Å². The van der Waals surface area contributed by atoms with Crippen LogP contribution in [0.3, 0.4) is 0 Å². The first-order valence-corrected chi connectivity index (χ1v) is 8.44. The zero-order chi connectivity index (χ0) is 19.9. The molecule has 3 aromatic carbocycles.